The Hall–Kier alpha value is -3.43. The number of nitrogens with one attached hydrogen (secondary N) is 1. The first-order valence-corrected chi connectivity index (χ1v) is 16.7. The van der Waals surface area contributed by atoms with Crippen LogP contribution >= 0.6 is 11.8 Å². The molecule has 0 saturated carbocycles. The Labute approximate surface area is 252 Å². The number of hydrogen-bond donors (Lipinski definition) is 1. The van der Waals surface area contributed by atoms with Gasteiger partial charge < -0.3 is 14.8 Å². The zero-order chi connectivity index (χ0) is 29.6. The van der Waals surface area contributed by atoms with E-state index < -0.39 is 38.1 Å². The average Bonchev–Trinajstić information content (AvgIpc) is 3.48. The van der Waals surface area contributed by atoms with Crippen molar-refractivity contribution in [2.75, 3.05) is 19.9 Å². The average molecular weight is 602 g/mol. The number of hydrogen-bond acceptors (Lipinski definition) is 7. The highest BCUT2D eigenvalue weighted by Crippen LogP contribution is 2.51. The second-order valence-corrected chi connectivity index (χ2v) is 14.1. The van der Waals surface area contributed by atoms with Crippen LogP contribution in [0.3, 0.4) is 0 Å². The van der Waals surface area contributed by atoms with Gasteiger partial charge in [-0.05, 0) is 28.7 Å². The predicted octanol–water partition coefficient (Wildman–Crippen LogP) is 5.74. The monoisotopic (exact) mass is 601 g/mol. The molecule has 5 rings (SSSR count). The molecule has 1 aliphatic heterocycles. The summed E-state index contributed by atoms with van der Waals surface area (Å²) >= 11 is 1.81. The van der Waals surface area contributed by atoms with Crippen molar-refractivity contribution in [2.24, 2.45) is 0 Å². The van der Waals surface area contributed by atoms with Crippen LogP contribution in [0.1, 0.15) is 34.8 Å². The van der Waals surface area contributed by atoms with Gasteiger partial charge in [-0.1, -0.05) is 121 Å². The molecule has 0 radical (unpaired) electrons. The fourth-order valence-electron chi connectivity index (χ4n) is 5.64. The Balaban J connectivity index is 1.49. The molecule has 0 bridgehead atoms. The van der Waals surface area contributed by atoms with E-state index in [0.717, 1.165) is 22.9 Å². The molecular weight excluding hydrogens is 567 g/mol. The highest BCUT2D eigenvalue weighted by Gasteiger charge is 2.45. The van der Waals surface area contributed by atoms with E-state index in [-0.39, 0.29) is 5.25 Å². The number of carbonyl (C=O) groups is 1. The van der Waals surface area contributed by atoms with Gasteiger partial charge in [-0.25, -0.2) is 13.2 Å². The van der Waals surface area contributed by atoms with Crippen molar-refractivity contribution in [3.8, 4) is 0 Å². The fourth-order valence-corrected chi connectivity index (χ4v) is 8.55. The molecular formula is C34H35NO5S2. The summed E-state index contributed by atoms with van der Waals surface area (Å²) in [5.41, 5.74) is 2.72. The Bertz CT molecular complexity index is 1450. The third kappa shape index (κ3) is 6.47. The maximum atomic E-state index is 13.1. The summed E-state index contributed by atoms with van der Waals surface area (Å²) < 4.78 is 36.9. The molecule has 0 amide bonds. The highest BCUT2D eigenvalue weighted by molar-refractivity contribution is 8.01. The van der Waals surface area contributed by atoms with Gasteiger partial charge in [0, 0.05) is 24.1 Å². The largest absolute Gasteiger partial charge is 0.467 e. The first-order chi connectivity index (χ1) is 20.3. The lowest BCUT2D eigenvalue weighted by atomic mass is 9.84. The van der Waals surface area contributed by atoms with Crippen LogP contribution in [0.15, 0.2) is 121 Å². The van der Waals surface area contributed by atoms with Crippen molar-refractivity contribution >= 4 is 27.6 Å². The SMILES string of the molecule is COC(=O)[C@@H](OC([C@@H]1C[C@@H](SC(c2ccccc2)(c2ccccc2)c2ccccc2)CN1)S(C)(=O)=O)c1ccccc1. The molecule has 0 aliphatic carbocycles. The lowest BCUT2D eigenvalue weighted by Gasteiger charge is -2.37. The van der Waals surface area contributed by atoms with Gasteiger partial charge in [0.05, 0.1) is 11.9 Å². The molecule has 8 heteroatoms. The number of benzene rings is 4. The van der Waals surface area contributed by atoms with Crippen LogP contribution in [-0.4, -0.2) is 51.0 Å². The molecule has 1 aliphatic rings. The van der Waals surface area contributed by atoms with E-state index in [4.69, 9.17) is 9.47 Å². The predicted molar refractivity (Wildman–Crippen MR) is 168 cm³/mol. The summed E-state index contributed by atoms with van der Waals surface area (Å²) in [6.45, 7) is 0.577. The summed E-state index contributed by atoms with van der Waals surface area (Å²) in [4.78, 5) is 12.7. The first-order valence-electron chi connectivity index (χ1n) is 13.9. The second-order valence-electron chi connectivity index (χ2n) is 10.4. The van der Waals surface area contributed by atoms with Gasteiger partial charge >= 0.3 is 5.97 Å². The van der Waals surface area contributed by atoms with Gasteiger partial charge in [-0.3, -0.25) is 0 Å². The van der Waals surface area contributed by atoms with Crippen molar-refractivity contribution in [3.63, 3.8) is 0 Å². The van der Waals surface area contributed by atoms with E-state index in [2.05, 4.69) is 78.1 Å². The van der Waals surface area contributed by atoms with Crippen LogP contribution in [0.2, 0.25) is 0 Å². The molecule has 0 aromatic heterocycles. The van der Waals surface area contributed by atoms with E-state index >= 15 is 0 Å². The molecule has 4 atom stereocenters. The third-order valence-electron chi connectivity index (χ3n) is 7.55. The number of rotatable bonds is 11. The van der Waals surface area contributed by atoms with Gasteiger partial charge in [-0.15, -0.1) is 11.8 Å². The summed E-state index contributed by atoms with van der Waals surface area (Å²) in [7, 11) is -2.45. The van der Waals surface area contributed by atoms with Crippen LogP contribution in [-0.2, 0) is 28.9 Å². The van der Waals surface area contributed by atoms with E-state index in [0.29, 0.717) is 18.5 Å². The highest BCUT2D eigenvalue weighted by atomic mass is 32.2. The number of ether oxygens (including phenoxy) is 2. The maximum Gasteiger partial charge on any atom is 0.339 e. The second kappa shape index (κ2) is 13.3. The minimum absolute atomic E-state index is 0.0387. The van der Waals surface area contributed by atoms with Crippen molar-refractivity contribution in [1.82, 2.24) is 5.32 Å². The van der Waals surface area contributed by atoms with Crippen LogP contribution in [0.25, 0.3) is 0 Å². The molecule has 4 aromatic rings. The molecule has 218 valence electrons. The summed E-state index contributed by atoms with van der Waals surface area (Å²) in [5.74, 6) is -0.643. The van der Waals surface area contributed by atoms with E-state index in [1.807, 2.05) is 36.0 Å². The van der Waals surface area contributed by atoms with Gasteiger partial charge in [0.2, 0.25) is 0 Å². The minimum atomic E-state index is -3.72. The Morgan fingerprint density at radius 1 is 0.810 bits per heavy atom. The lowest BCUT2D eigenvalue weighted by Crippen LogP contribution is -2.43. The van der Waals surface area contributed by atoms with Crippen LogP contribution in [0.4, 0.5) is 0 Å². The Morgan fingerprint density at radius 3 is 1.69 bits per heavy atom. The molecule has 0 spiro atoms. The molecule has 1 heterocycles. The summed E-state index contributed by atoms with van der Waals surface area (Å²) in [5, 5.41) is 3.47. The number of esters is 1. The zero-order valence-electron chi connectivity index (χ0n) is 23.6. The molecule has 1 saturated heterocycles. The quantitative estimate of drug-likeness (QED) is 0.173. The van der Waals surface area contributed by atoms with Crippen LogP contribution < -0.4 is 5.32 Å². The van der Waals surface area contributed by atoms with Crippen LogP contribution in [0, 0.1) is 0 Å². The standard InChI is InChI=1S/C34H35NO5S2/c1-39-32(36)31(25-15-7-3-8-16-25)40-33(42(2,37)38)30-23-29(24-35-30)41-34(26-17-9-4-10-18-26,27-19-11-5-12-20-27)28-21-13-6-14-22-28/h3-22,29-31,33,35H,23-24H2,1-2H3/t29-,30+,31+,33?/m1/s1. The van der Waals surface area contributed by atoms with Gasteiger partial charge in [0.1, 0.15) is 0 Å². The first kappa shape index (κ1) is 30.0. The fraction of sp³-hybridized carbons (Fsp3) is 0.265. The molecule has 42 heavy (non-hydrogen) atoms. The van der Waals surface area contributed by atoms with Gasteiger partial charge in [0.25, 0.3) is 0 Å². The third-order valence-corrected chi connectivity index (χ3v) is 10.6. The number of thioether (sulfide) groups is 1. The van der Waals surface area contributed by atoms with Gasteiger partial charge in [-0.2, -0.15) is 0 Å². The Morgan fingerprint density at radius 2 is 1.26 bits per heavy atom. The molecule has 1 fully saturated rings. The lowest BCUT2D eigenvalue weighted by molar-refractivity contribution is -0.156. The van der Waals surface area contributed by atoms with Crippen molar-refractivity contribution < 1.29 is 22.7 Å². The Kier molecular flexibility index (Phi) is 9.48. The van der Waals surface area contributed by atoms with E-state index in [9.17, 15) is 13.2 Å². The number of methoxy groups -OCH3 is 1. The molecule has 1 N–H and O–H groups in total. The molecule has 6 nitrogen and oxygen atoms in total. The van der Waals surface area contributed by atoms with Crippen molar-refractivity contribution in [1.29, 1.82) is 0 Å². The molecule has 1 unspecified atom stereocenters. The minimum Gasteiger partial charge on any atom is -0.467 e. The topological polar surface area (TPSA) is 81.7 Å². The smallest absolute Gasteiger partial charge is 0.339 e. The van der Waals surface area contributed by atoms with E-state index in [1.165, 1.54) is 7.11 Å². The molecule has 4 aromatic carbocycles. The number of carbonyl (C=O) groups excluding carboxylic acids is 1. The van der Waals surface area contributed by atoms with E-state index in [1.54, 1.807) is 24.3 Å². The summed E-state index contributed by atoms with van der Waals surface area (Å²) in [6.07, 6.45) is 0.516. The van der Waals surface area contributed by atoms with Crippen molar-refractivity contribution in [3.05, 3.63) is 144 Å². The normalized spacial score (nSPS) is 18.7. The maximum absolute atomic E-state index is 13.1. The zero-order valence-corrected chi connectivity index (χ0v) is 25.3. The number of sulfone groups is 1. The van der Waals surface area contributed by atoms with Crippen molar-refractivity contribution in [2.45, 2.75) is 34.0 Å². The van der Waals surface area contributed by atoms with Gasteiger partial charge in [0.15, 0.2) is 21.4 Å². The summed E-state index contributed by atoms with van der Waals surface area (Å²) in [6, 6.07) is 39.6. The van der Waals surface area contributed by atoms with Crippen LogP contribution in [0.5, 0.6) is 0 Å².